The van der Waals surface area contributed by atoms with Crippen LogP contribution >= 0.6 is 0 Å². The Bertz CT molecular complexity index is 505. The highest BCUT2D eigenvalue weighted by atomic mass is 32.2. The van der Waals surface area contributed by atoms with Gasteiger partial charge in [-0.25, -0.2) is 12.8 Å². The molecule has 0 heterocycles. The van der Waals surface area contributed by atoms with Crippen molar-refractivity contribution in [2.24, 2.45) is 0 Å². The van der Waals surface area contributed by atoms with Crippen LogP contribution in [0.15, 0.2) is 24.3 Å². The zero-order valence-corrected chi connectivity index (χ0v) is 12.4. The summed E-state index contributed by atoms with van der Waals surface area (Å²) in [5.74, 6) is -0.439. The first-order valence-corrected chi connectivity index (χ1v) is 7.91. The monoisotopic (exact) mass is 288 g/mol. The van der Waals surface area contributed by atoms with Gasteiger partial charge >= 0.3 is 0 Å². The summed E-state index contributed by atoms with van der Waals surface area (Å²) >= 11 is 0. The maximum Gasteiger partial charge on any atom is 0.239 e. The predicted molar refractivity (Wildman–Crippen MR) is 76.3 cm³/mol. The van der Waals surface area contributed by atoms with Gasteiger partial charge in [-0.3, -0.25) is 4.31 Å². The molecule has 1 aromatic carbocycles. The number of hydrogen-bond acceptors (Lipinski definition) is 3. The second-order valence-corrected chi connectivity index (χ2v) is 6.58. The molecule has 1 unspecified atom stereocenters. The highest BCUT2D eigenvalue weighted by molar-refractivity contribution is 7.93. The third kappa shape index (κ3) is 3.91. The summed E-state index contributed by atoms with van der Waals surface area (Å²) in [5, 5.41) is 2.46. The Morgan fingerprint density at radius 3 is 2.58 bits per heavy atom. The van der Waals surface area contributed by atoms with Crippen molar-refractivity contribution in [3.8, 4) is 0 Å². The fraction of sp³-hybridized carbons (Fsp3) is 0.538. The summed E-state index contributed by atoms with van der Waals surface area (Å²) in [6.07, 6.45) is 0. The highest BCUT2D eigenvalue weighted by Gasteiger charge is 2.27. The molecule has 108 valence electrons. The molecule has 6 heteroatoms. The highest BCUT2D eigenvalue weighted by Crippen LogP contribution is 2.21. The van der Waals surface area contributed by atoms with Crippen LogP contribution in [-0.2, 0) is 10.0 Å². The third-order valence-electron chi connectivity index (χ3n) is 2.88. The molecule has 0 aliphatic rings. The van der Waals surface area contributed by atoms with Crippen molar-refractivity contribution >= 4 is 15.7 Å². The van der Waals surface area contributed by atoms with E-state index in [9.17, 15) is 12.8 Å². The molecule has 0 aliphatic carbocycles. The molecule has 0 radical (unpaired) electrons. The fourth-order valence-electron chi connectivity index (χ4n) is 1.81. The smallest absolute Gasteiger partial charge is 0.239 e. The molecule has 0 saturated carbocycles. The third-order valence-corrected chi connectivity index (χ3v) is 5.15. The number of rotatable bonds is 7. The van der Waals surface area contributed by atoms with Gasteiger partial charge in [0.2, 0.25) is 10.0 Å². The molecule has 0 spiro atoms. The van der Waals surface area contributed by atoms with Gasteiger partial charge in [0, 0.05) is 13.1 Å². The van der Waals surface area contributed by atoms with Crippen molar-refractivity contribution in [2.75, 3.05) is 23.9 Å². The lowest BCUT2D eigenvalue weighted by molar-refractivity contribution is 0.570. The van der Waals surface area contributed by atoms with E-state index in [1.807, 2.05) is 6.92 Å². The molecule has 0 aromatic heterocycles. The second-order valence-electron chi connectivity index (χ2n) is 4.31. The Kier molecular flexibility index (Phi) is 5.75. The molecule has 1 rings (SSSR count). The van der Waals surface area contributed by atoms with Crippen LogP contribution in [0.1, 0.15) is 20.8 Å². The van der Waals surface area contributed by atoms with Gasteiger partial charge in [-0.05, 0) is 38.6 Å². The van der Waals surface area contributed by atoms with E-state index in [0.29, 0.717) is 18.8 Å². The molecular formula is C13H21FN2O2S. The summed E-state index contributed by atoms with van der Waals surface area (Å²) in [6.45, 7) is 6.69. The van der Waals surface area contributed by atoms with Crippen molar-refractivity contribution < 1.29 is 12.8 Å². The first-order valence-electron chi connectivity index (χ1n) is 6.41. The SMILES string of the molecule is CCNCC(C)S(=O)(=O)N(CC)c1cccc(F)c1. The van der Waals surface area contributed by atoms with Gasteiger partial charge in [0.15, 0.2) is 0 Å². The van der Waals surface area contributed by atoms with Crippen molar-refractivity contribution in [2.45, 2.75) is 26.0 Å². The number of nitrogens with one attached hydrogen (secondary N) is 1. The van der Waals surface area contributed by atoms with Crippen molar-refractivity contribution in [3.63, 3.8) is 0 Å². The van der Waals surface area contributed by atoms with Crippen LogP contribution < -0.4 is 9.62 Å². The summed E-state index contributed by atoms with van der Waals surface area (Å²) in [6, 6.07) is 5.65. The number of benzene rings is 1. The van der Waals surface area contributed by atoms with Gasteiger partial charge in [0.1, 0.15) is 5.82 Å². The van der Waals surface area contributed by atoms with Crippen LogP contribution in [0.4, 0.5) is 10.1 Å². The zero-order chi connectivity index (χ0) is 14.5. The standard InChI is InChI=1S/C13H21FN2O2S/c1-4-15-10-11(3)19(17,18)16(5-2)13-8-6-7-12(14)9-13/h6-9,11,15H,4-5,10H2,1-3H3. The van der Waals surface area contributed by atoms with Crippen molar-refractivity contribution in [1.82, 2.24) is 5.32 Å². The van der Waals surface area contributed by atoms with E-state index in [2.05, 4.69) is 5.32 Å². The largest absolute Gasteiger partial charge is 0.316 e. The van der Waals surface area contributed by atoms with Crippen LogP contribution in [0.2, 0.25) is 0 Å². The quantitative estimate of drug-likeness (QED) is 0.834. The van der Waals surface area contributed by atoms with E-state index in [1.54, 1.807) is 19.9 Å². The Labute approximate surface area is 114 Å². The van der Waals surface area contributed by atoms with Gasteiger partial charge in [0.25, 0.3) is 0 Å². The molecule has 0 aliphatic heterocycles. The summed E-state index contributed by atoms with van der Waals surface area (Å²) in [7, 11) is -3.49. The minimum atomic E-state index is -3.49. The Morgan fingerprint density at radius 1 is 1.37 bits per heavy atom. The lowest BCUT2D eigenvalue weighted by Crippen LogP contribution is -2.42. The number of sulfonamides is 1. The van der Waals surface area contributed by atoms with Gasteiger partial charge in [-0.15, -0.1) is 0 Å². The van der Waals surface area contributed by atoms with E-state index in [1.165, 1.54) is 22.5 Å². The van der Waals surface area contributed by atoms with Gasteiger partial charge < -0.3 is 5.32 Å². The molecule has 0 bridgehead atoms. The Balaban J connectivity index is 3.01. The summed E-state index contributed by atoms with van der Waals surface area (Å²) in [4.78, 5) is 0. The number of halogens is 1. The topological polar surface area (TPSA) is 49.4 Å². The minimum Gasteiger partial charge on any atom is -0.316 e. The predicted octanol–water partition coefficient (Wildman–Crippen LogP) is 1.98. The van der Waals surface area contributed by atoms with Crippen LogP contribution in [0, 0.1) is 5.82 Å². The number of nitrogens with zero attached hydrogens (tertiary/aromatic N) is 1. The molecule has 1 atom stereocenters. The normalized spacial score (nSPS) is 13.3. The van der Waals surface area contributed by atoms with Gasteiger partial charge in [-0.1, -0.05) is 13.0 Å². The van der Waals surface area contributed by atoms with Crippen LogP contribution in [0.3, 0.4) is 0 Å². The van der Waals surface area contributed by atoms with Crippen LogP contribution in [0.5, 0.6) is 0 Å². The molecule has 1 aromatic rings. The maximum absolute atomic E-state index is 13.2. The Morgan fingerprint density at radius 2 is 2.05 bits per heavy atom. The second kappa shape index (κ2) is 6.86. The number of hydrogen-bond donors (Lipinski definition) is 1. The average Bonchev–Trinajstić information content (AvgIpc) is 2.36. The van der Waals surface area contributed by atoms with E-state index >= 15 is 0 Å². The summed E-state index contributed by atoms with van der Waals surface area (Å²) in [5.41, 5.74) is 0.367. The van der Waals surface area contributed by atoms with E-state index in [-0.39, 0.29) is 6.54 Å². The van der Waals surface area contributed by atoms with Crippen LogP contribution in [0.25, 0.3) is 0 Å². The molecule has 0 amide bonds. The molecule has 4 nitrogen and oxygen atoms in total. The van der Waals surface area contributed by atoms with E-state index in [0.717, 1.165) is 0 Å². The molecule has 0 saturated heterocycles. The van der Waals surface area contributed by atoms with E-state index < -0.39 is 21.1 Å². The van der Waals surface area contributed by atoms with Gasteiger partial charge in [-0.2, -0.15) is 0 Å². The van der Waals surface area contributed by atoms with Gasteiger partial charge in [0.05, 0.1) is 10.9 Å². The average molecular weight is 288 g/mol. The summed E-state index contributed by atoms with van der Waals surface area (Å²) < 4.78 is 39.4. The molecular weight excluding hydrogens is 267 g/mol. The van der Waals surface area contributed by atoms with Crippen LogP contribution in [-0.4, -0.2) is 33.3 Å². The molecule has 1 N–H and O–H groups in total. The number of anilines is 1. The zero-order valence-electron chi connectivity index (χ0n) is 11.6. The maximum atomic E-state index is 13.2. The van der Waals surface area contributed by atoms with Crippen molar-refractivity contribution in [3.05, 3.63) is 30.1 Å². The first-order chi connectivity index (χ1) is 8.93. The molecule has 19 heavy (non-hydrogen) atoms. The molecule has 0 fully saturated rings. The minimum absolute atomic E-state index is 0.280. The first kappa shape index (κ1) is 15.9. The fourth-order valence-corrected chi connectivity index (χ4v) is 3.34. The lowest BCUT2D eigenvalue weighted by atomic mass is 10.3. The van der Waals surface area contributed by atoms with E-state index in [4.69, 9.17) is 0 Å². The lowest BCUT2D eigenvalue weighted by Gasteiger charge is -2.26. The Hall–Kier alpha value is -1.14. The van der Waals surface area contributed by atoms with Crippen molar-refractivity contribution in [1.29, 1.82) is 0 Å².